The summed E-state index contributed by atoms with van der Waals surface area (Å²) >= 11 is 6.19. The van der Waals surface area contributed by atoms with E-state index in [9.17, 15) is 37.2 Å². The van der Waals surface area contributed by atoms with Crippen molar-refractivity contribution >= 4 is 41.7 Å². The van der Waals surface area contributed by atoms with E-state index in [0.717, 1.165) is 18.2 Å². The molecule has 34 heavy (non-hydrogen) atoms. The number of fused-ring (bicyclic) bond motifs is 1. The van der Waals surface area contributed by atoms with Gasteiger partial charge in [0.05, 0.1) is 11.6 Å². The third kappa shape index (κ3) is 4.50. The highest BCUT2D eigenvalue weighted by molar-refractivity contribution is 6.58. The number of benzene rings is 3. The number of amides is 2. The molecule has 0 aromatic heterocycles. The van der Waals surface area contributed by atoms with E-state index in [-0.39, 0.29) is 27.4 Å². The van der Waals surface area contributed by atoms with E-state index in [1.54, 1.807) is 0 Å². The van der Waals surface area contributed by atoms with E-state index < -0.39 is 53.6 Å². The Morgan fingerprint density at radius 2 is 1.82 bits per heavy atom. The summed E-state index contributed by atoms with van der Waals surface area (Å²) < 4.78 is 53.6. The van der Waals surface area contributed by atoms with Crippen LogP contribution in [0.25, 0.3) is 0 Å². The number of anilines is 1. The van der Waals surface area contributed by atoms with Crippen molar-refractivity contribution in [2.75, 3.05) is 5.32 Å². The molecule has 0 radical (unpaired) electrons. The van der Waals surface area contributed by atoms with Crippen molar-refractivity contribution in [3.05, 3.63) is 93.3 Å². The van der Waals surface area contributed by atoms with E-state index in [2.05, 4.69) is 10.6 Å². The van der Waals surface area contributed by atoms with Crippen molar-refractivity contribution in [2.45, 2.75) is 12.2 Å². The molecular formula is C22H14BClF4N2O4. The molecular weight excluding hydrogens is 479 g/mol. The van der Waals surface area contributed by atoms with Crippen LogP contribution in [-0.4, -0.2) is 29.0 Å². The fourth-order valence-corrected chi connectivity index (χ4v) is 3.95. The minimum Gasteiger partial charge on any atom is -0.423 e. The second-order valence-electron chi connectivity index (χ2n) is 7.51. The highest BCUT2D eigenvalue weighted by atomic mass is 35.5. The zero-order chi connectivity index (χ0) is 24.8. The Bertz CT molecular complexity index is 1320. The van der Waals surface area contributed by atoms with Crippen LogP contribution in [0.2, 0.25) is 5.02 Å². The summed E-state index contributed by atoms with van der Waals surface area (Å²) in [6.07, 6.45) is -4.84. The zero-order valence-electron chi connectivity index (χ0n) is 17.0. The SMILES string of the molecule is O=C(Nc1cccc2c1C(c1cc(F)ccc1Cl)NC2=O)c1cc(B(O)O)cc(C(F)(F)F)c1. The van der Waals surface area contributed by atoms with Crippen molar-refractivity contribution in [3.63, 3.8) is 0 Å². The van der Waals surface area contributed by atoms with Gasteiger partial charge in [-0.2, -0.15) is 13.2 Å². The molecule has 3 aromatic rings. The van der Waals surface area contributed by atoms with Crippen molar-refractivity contribution in [1.82, 2.24) is 5.32 Å². The van der Waals surface area contributed by atoms with Gasteiger partial charge in [0.25, 0.3) is 11.8 Å². The fraction of sp³-hybridized carbons (Fsp3) is 0.0909. The second kappa shape index (κ2) is 8.75. The van der Waals surface area contributed by atoms with Crippen molar-refractivity contribution in [2.24, 2.45) is 0 Å². The van der Waals surface area contributed by atoms with Crippen LogP contribution in [0.1, 0.15) is 43.4 Å². The molecule has 0 aliphatic carbocycles. The maximum Gasteiger partial charge on any atom is 0.488 e. The highest BCUT2D eigenvalue weighted by Gasteiger charge is 2.35. The summed E-state index contributed by atoms with van der Waals surface area (Å²) in [5.41, 5.74) is -1.55. The quantitative estimate of drug-likeness (QED) is 0.332. The summed E-state index contributed by atoms with van der Waals surface area (Å²) in [6.45, 7) is 0. The molecule has 1 heterocycles. The molecule has 12 heteroatoms. The maximum atomic E-state index is 13.9. The largest absolute Gasteiger partial charge is 0.488 e. The van der Waals surface area contributed by atoms with Crippen molar-refractivity contribution in [3.8, 4) is 0 Å². The topological polar surface area (TPSA) is 98.7 Å². The molecule has 1 atom stereocenters. The van der Waals surface area contributed by atoms with Gasteiger partial charge < -0.3 is 20.7 Å². The molecule has 1 aliphatic heterocycles. The van der Waals surface area contributed by atoms with Crippen LogP contribution in [0.5, 0.6) is 0 Å². The average Bonchev–Trinajstić information content (AvgIpc) is 3.11. The number of alkyl halides is 3. The standard InChI is InChI=1S/C22H14BClF4N2O4/c24-16-5-4-13(25)9-15(16)19-18-14(21(32)30-19)2-1-3-17(18)29-20(31)10-6-11(22(26,27)28)8-12(7-10)23(33)34/h1-9,19,33-34H,(H,29,31)(H,30,32). The van der Waals surface area contributed by atoms with Gasteiger partial charge in [0.15, 0.2) is 0 Å². The van der Waals surface area contributed by atoms with E-state index in [0.29, 0.717) is 12.1 Å². The van der Waals surface area contributed by atoms with Crippen LogP contribution in [0.15, 0.2) is 54.6 Å². The predicted octanol–water partition coefficient (Wildman–Crippen LogP) is 3.26. The first-order chi connectivity index (χ1) is 16.0. The molecule has 4 rings (SSSR count). The summed E-state index contributed by atoms with van der Waals surface area (Å²) in [6, 6.07) is 8.98. The van der Waals surface area contributed by atoms with Gasteiger partial charge >= 0.3 is 13.3 Å². The third-order valence-corrected chi connectivity index (χ3v) is 5.62. The van der Waals surface area contributed by atoms with Crippen LogP contribution >= 0.6 is 11.6 Å². The van der Waals surface area contributed by atoms with Crippen LogP contribution in [0, 0.1) is 5.82 Å². The van der Waals surface area contributed by atoms with E-state index in [1.807, 2.05) is 0 Å². The number of carbonyl (C=O) groups is 2. The Balaban J connectivity index is 1.76. The molecule has 0 saturated carbocycles. The van der Waals surface area contributed by atoms with Crippen LogP contribution in [-0.2, 0) is 6.18 Å². The maximum absolute atomic E-state index is 13.9. The number of rotatable bonds is 4. The van der Waals surface area contributed by atoms with Gasteiger partial charge in [-0.15, -0.1) is 0 Å². The second-order valence-corrected chi connectivity index (χ2v) is 7.92. The van der Waals surface area contributed by atoms with Gasteiger partial charge in [-0.1, -0.05) is 23.7 Å². The lowest BCUT2D eigenvalue weighted by Gasteiger charge is -2.18. The van der Waals surface area contributed by atoms with Crippen LogP contribution < -0.4 is 16.1 Å². The van der Waals surface area contributed by atoms with Gasteiger partial charge in [0.1, 0.15) is 5.82 Å². The van der Waals surface area contributed by atoms with Gasteiger partial charge in [0.2, 0.25) is 0 Å². The monoisotopic (exact) mass is 492 g/mol. The predicted molar refractivity (Wildman–Crippen MR) is 116 cm³/mol. The van der Waals surface area contributed by atoms with Crippen molar-refractivity contribution < 1.29 is 37.2 Å². The summed E-state index contributed by atoms with van der Waals surface area (Å²) in [7, 11) is -2.24. The Kier molecular flexibility index (Phi) is 6.11. The lowest BCUT2D eigenvalue weighted by atomic mass is 9.78. The first-order valence-corrected chi connectivity index (χ1v) is 10.1. The van der Waals surface area contributed by atoms with E-state index in [4.69, 9.17) is 11.6 Å². The summed E-state index contributed by atoms with van der Waals surface area (Å²) in [5, 5.41) is 24.0. The molecule has 1 unspecified atom stereocenters. The number of nitrogens with one attached hydrogen (secondary N) is 2. The summed E-state index contributed by atoms with van der Waals surface area (Å²) in [5.74, 6) is -2.12. The van der Waals surface area contributed by atoms with Gasteiger partial charge in [-0.3, -0.25) is 9.59 Å². The lowest BCUT2D eigenvalue weighted by molar-refractivity contribution is -0.137. The first kappa shape index (κ1) is 23.7. The van der Waals surface area contributed by atoms with Gasteiger partial charge in [0, 0.05) is 33.0 Å². The molecule has 0 fully saturated rings. The third-order valence-electron chi connectivity index (χ3n) is 5.28. The Labute approximate surface area is 195 Å². The van der Waals surface area contributed by atoms with Crippen molar-refractivity contribution in [1.29, 1.82) is 0 Å². The molecule has 4 N–H and O–H groups in total. The minimum atomic E-state index is -4.84. The zero-order valence-corrected chi connectivity index (χ0v) is 17.7. The average molecular weight is 493 g/mol. The summed E-state index contributed by atoms with van der Waals surface area (Å²) in [4.78, 5) is 25.4. The molecule has 1 aliphatic rings. The number of halogens is 5. The minimum absolute atomic E-state index is 0.0784. The first-order valence-electron chi connectivity index (χ1n) is 9.74. The Morgan fingerprint density at radius 3 is 2.50 bits per heavy atom. The Hall–Kier alpha value is -3.41. The van der Waals surface area contributed by atoms with Gasteiger partial charge in [-0.25, -0.2) is 4.39 Å². The lowest BCUT2D eigenvalue weighted by Crippen LogP contribution is -2.32. The molecule has 2 amide bonds. The molecule has 3 aromatic carbocycles. The number of hydrogen-bond donors (Lipinski definition) is 4. The van der Waals surface area contributed by atoms with Crippen LogP contribution in [0.3, 0.4) is 0 Å². The van der Waals surface area contributed by atoms with E-state index >= 15 is 0 Å². The van der Waals surface area contributed by atoms with E-state index in [1.165, 1.54) is 24.3 Å². The smallest absolute Gasteiger partial charge is 0.423 e. The number of carbonyl (C=O) groups excluding carboxylic acids is 2. The number of hydrogen-bond acceptors (Lipinski definition) is 4. The molecule has 0 spiro atoms. The normalized spacial score (nSPS) is 15.0. The fourth-order valence-electron chi connectivity index (χ4n) is 3.72. The molecule has 174 valence electrons. The Morgan fingerprint density at radius 1 is 1.09 bits per heavy atom. The molecule has 0 saturated heterocycles. The molecule has 6 nitrogen and oxygen atoms in total. The van der Waals surface area contributed by atoms with Crippen LogP contribution in [0.4, 0.5) is 23.2 Å². The molecule has 0 bridgehead atoms. The van der Waals surface area contributed by atoms with Gasteiger partial charge in [-0.05, 0) is 47.9 Å². The highest BCUT2D eigenvalue weighted by Crippen LogP contribution is 2.39.